The predicted octanol–water partition coefficient (Wildman–Crippen LogP) is 5.84. The van der Waals surface area contributed by atoms with Crippen molar-refractivity contribution in [3.63, 3.8) is 0 Å². The van der Waals surface area contributed by atoms with Crippen molar-refractivity contribution in [1.82, 2.24) is 0 Å². The minimum Gasteiger partial charge on any atom is -0.377 e. The van der Waals surface area contributed by atoms with E-state index in [2.05, 4.69) is 59.4 Å². The molecule has 1 aliphatic rings. The van der Waals surface area contributed by atoms with E-state index in [0.29, 0.717) is 6.04 Å². The number of benzene rings is 2. The molecule has 2 aromatic carbocycles. The van der Waals surface area contributed by atoms with Gasteiger partial charge in [-0.2, -0.15) is 0 Å². The van der Waals surface area contributed by atoms with Crippen molar-refractivity contribution in [2.75, 3.05) is 5.32 Å². The van der Waals surface area contributed by atoms with Gasteiger partial charge in [0.05, 0.1) is 11.7 Å². The second-order valence-corrected chi connectivity index (χ2v) is 7.36. The SMILES string of the molecule is CC1(C)Cc2ccccc2C1Nc1cc(Cl)ccc1Br. The number of hydrogen-bond donors (Lipinski definition) is 1. The molecule has 0 fully saturated rings. The van der Waals surface area contributed by atoms with Crippen LogP contribution in [0, 0.1) is 5.41 Å². The number of hydrogen-bond acceptors (Lipinski definition) is 1. The molecule has 0 heterocycles. The van der Waals surface area contributed by atoms with Crippen LogP contribution in [0.3, 0.4) is 0 Å². The molecule has 1 nitrogen and oxygen atoms in total. The minimum absolute atomic E-state index is 0.186. The van der Waals surface area contributed by atoms with Gasteiger partial charge in [-0.05, 0) is 57.1 Å². The summed E-state index contributed by atoms with van der Waals surface area (Å²) in [5.74, 6) is 0. The van der Waals surface area contributed by atoms with Crippen LogP contribution in [0.1, 0.15) is 31.0 Å². The molecule has 0 saturated heterocycles. The van der Waals surface area contributed by atoms with Crippen LogP contribution in [0.2, 0.25) is 5.02 Å². The Morgan fingerprint density at radius 1 is 1.20 bits per heavy atom. The average Bonchev–Trinajstić information content (AvgIpc) is 2.65. The molecule has 0 aliphatic heterocycles. The van der Waals surface area contributed by atoms with Gasteiger partial charge in [0.15, 0.2) is 0 Å². The first-order valence-electron chi connectivity index (χ1n) is 6.77. The van der Waals surface area contributed by atoms with Crippen LogP contribution < -0.4 is 5.32 Å². The highest BCUT2D eigenvalue weighted by molar-refractivity contribution is 9.10. The Morgan fingerprint density at radius 2 is 1.95 bits per heavy atom. The summed E-state index contributed by atoms with van der Waals surface area (Å²) in [4.78, 5) is 0. The van der Waals surface area contributed by atoms with E-state index in [4.69, 9.17) is 11.6 Å². The van der Waals surface area contributed by atoms with Gasteiger partial charge in [0.25, 0.3) is 0 Å². The van der Waals surface area contributed by atoms with Crippen LogP contribution in [-0.2, 0) is 6.42 Å². The highest BCUT2D eigenvalue weighted by atomic mass is 79.9. The van der Waals surface area contributed by atoms with Crippen LogP contribution in [0.15, 0.2) is 46.9 Å². The van der Waals surface area contributed by atoms with E-state index in [1.807, 2.05) is 18.2 Å². The van der Waals surface area contributed by atoms with Crippen molar-refractivity contribution in [3.8, 4) is 0 Å². The van der Waals surface area contributed by atoms with E-state index in [9.17, 15) is 0 Å². The van der Waals surface area contributed by atoms with Gasteiger partial charge in [0.1, 0.15) is 0 Å². The predicted molar refractivity (Wildman–Crippen MR) is 89.4 cm³/mol. The summed E-state index contributed by atoms with van der Waals surface area (Å²) >= 11 is 9.71. The van der Waals surface area contributed by atoms with Crippen LogP contribution in [0.5, 0.6) is 0 Å². The van der Waals surface area contributed by atoms with Gasteiger partial charge < -0.3 is 5.32 Å². The lowest BCUT2D eigenvalue weighted by atomic mass is 9.85. The second-order valence-electron chi connectivity index (χ2n) is 6.07. The highest BCUT2D eigenvalue weighted by Gasteiger charge is 2.38. The molecule has 2 aromatic rings. The molecule has 20 heavy (non-hydrogen) atoms. The third-order valence-corrected chi connectivity index (χ3v) is 4.95. The van der Waals surface area contributed by atoms with E-state index in [1.54, 1.807) is 0 Å². The zero-order chi connectivity index (χ0) is 14.3. The van der Waals surface area contributed by atoms with Crippen molar-refractivity contribution < 1.29 is 0 Å². The molecule has 0 aromatic heterocycles. The molecular formula is C17H17BrClN. The normalized spacial score (nSPS) is 19.7. The topological polar surface area (TPSA) is 12.0 Å². The van der Waals surface area contributed by atoms with E-state index in [0.717, 1.165) is 21.6 Å². The average molecular weight is 351 g/mol. The first kappa shape index (κ1) is 14.0. The summed E-state index contributed by atoms with van der Waals surface area (Å²) in [7, 11) is 0. The van der Waals surface area contributed by atoms with E-state index < -0.39 is 0 Å². The Bertz CT molecular complexity index is 651. The monoisotopic (exact) mass is 349 g/mol. The zero-order valence-electron chi connectivity index (χ0n) is 11.6. The van der Waals surface area contributed by atoms with Gasteiger partial charge in [0.2, 0.25) is 0 Å². The fourth-order valence-corrected chi connectivity index (χ4v) is 3.56. The molecule has 0 saturated carbocycles. The van der Waals surface area contributed by atoms with Crippen molar-refractivity contribution >= 4 is 33.2 Å². The number of rotatable bonds is 2. The Kier molecular flexibility index (Phi) is 3.55. The molecule has 0 spiro atoms. The maximum absolute atomic E-state index is 6.11. The van der Waals surface area contributed by atoms with Crippen molar-refractivity contribution in [2.24, 2.45) is 5.41 Å². The molecule has 3 rings (SSSR count). The van der Waals surface area contributed by atoms with Crippen LogP contribution >= 0.6 is 27.5 Å². The van der Waals surface area contributed by atoms with Gasteiger partial charge in [0, 0.05) is 9.50 Å². The van der Waals surface area contributed by atoms with Crippen molar-refractivity contribution in [1.29, 1.82) is 0 Å². The number of anilines is 1. The molecule has 104 valence electrons. The molecular weight excluding hydrogens is 334 g/mol. The first-order valence-corrected chi connectivity index (χ1v) is 7.94. The Morgan fingerprint density at radius 3 is 2.75 bits per heavy atom. The Labute approximate surface area is 133 Å². The van der Waals surface area contributed by atoms with Crippen LogP contribution in [0.25, 0.3) is 0 Å². The largest absolute Gasteiger partial charge is 0.377 e. The minimum atomic E-state index is 0.186. The molecule has 1 unspecified atom stereocenters. The molecule has 1 N–H and O–H groups in total. The maximum Gasteiger partial charge on any atom is 0.0571 e. The van der Waals surface area contributed by atoms with Crippen LogP contribution in [0.4, 0.5) is 5.69 Å². The summed E-state index contributed by atoms with van der Waals surface area (Å²) < 4.78 is 1.04. The third kappa shape index (κ3) is 2.47. The van der Waals surface area contributed by atoms with Gasteiger partial charge in [-0.25, -0.2) is 0 Å². The smallest absolute Gasteiger partial charge is 0.0571 e. The second kappa shape index (κ2) is 5.09. The zero-order valence-corrected chi connectivity index (χ0v) is 13.9. The molecule has 0 bridgehead atoms. The Balaban J connectivity index is 1.99. The summed E-state index contributed by atoms with van der Waals surface area (Å²) in [6.07, 6.45) is 1.10. The number of fused-ring (bicyclic) bond motifs is 1. The molecule has 3 heteroatoms. The first-order chi connectivity index (χ1) is 9.47. The summed E-state index contributed by atoms with van der Waals surface area (Å²) in [6, 6.07) is 14.8. The van der Waals surface area contributed by atoms with Crippen molar-refractivity contribution in [2.45, 2.75) is 26.3 Å². The fraction of sp³-hybridized carbons (Fsp3) is 0.294. The molecule has 1 aliphatic carbocycles. The molecule has 0 radical (unpaired) electrons. The molecule has 0 amide bonds. The van der Waals surface area contributed by atoms with Gasteiger partial charge in [-0.15, -0.1) is 0 Å². The van der Waals surface area contributed by atoms with Gasteiger partial charge in [-0.3, -0.25) is 0 Å². The van der Waals surface area contributed by atoms with Gasteiger partial charge in [-0.1, -0.05) is 49.7 Å². The Hall–Kier alpha value is -0.990. The molecule has 1 atom stereocenters. The van der Waals surface area contributed by atoms with E-state index >= 15 is 0 Å². The summed E-state index contributed by atoms with van der Waals surface area (Å²) in [6.45, 7) is 4.62. The number of nitrogens with one attached hydrogen (secondary N) is 1. The third-order valence-electron chi connectivity index (χ3n) is 4.02. The van der Waals surface area contributed by atoms with E-state index in [1.165, 1.54) is 11.1 Å². The summed E-state index contributed by atoms with van der Waals surface area (Å²) in [5.41, 5.74) is 4.07. The standard InChI is InChI=1S/C17H17BrClN/c1-17(2)10-11-5-3-4-6-13(11)16(17)20-15-9-12(19)7-8-14(15)18/h3-9,16,20H,10H2,1-2H3. The summed E-state index contributed by atoms with van der Waals surface area (Å²) in [5, 5.41) is 4.41. The lowest BCUT2D eigenvalue weighted by Gasteiger charge is -2.30. The van der Waals surface area contributed by atoms with Gasteiger partial charge >= 0.3 is 0 Å². The van der Waals surface area contributed by atoms with Crippen LogP contribution in [-0.4, -0.2) is 0 Å². The van der Waals surface area contributed by atoms with Crippen molar-refractivity contribution in [3.05, 3.63) is 63.1 Å². The maximum atomic E-state index is 6.11. The lowest BCUT2D eigenvalue weighted by Crippen LogP contribution is -2.24. The number of halogens is 2. The fourth-order valence-electron chi connectivity index (χ4n) is 3.03. The highest BCUT2D eigenvalue weighted by Crippen LogP contribution is 2.47. The lowest BCUT2D eigenvalue weighted by molar-refractivity contribution is 0.337. The van der Waals surface area contributed by atoms with E-state index in [-0.39, 0.29) is 5.41 Å². The quantitative estimate of drug-likeness (QED) is 0.717.